The average molecular weight is 362 g/mol. The van der Waals surface area contributed by atoms with Crippen LogP contribution in [0.15, 0.2) is 35.7 Å². The van der Waals surface area contributed by atoms with Gasteiger partial charge in [-0.3, -0.25) is 20.2 Å². The number of ether oxygens (including phenoxy) is 1. The number of nitrogens with zero attached hydrogens (tertiary/aromatic N) is 4. The predicted octanol–water partition coefficient (Wildman–Crippen LogP) is 1.67. The van der Waals surface area contributed by atoms with E-state index in [-0.39, 0.29) is 5.69 Å². The third kappa shape index (κ3) is 5.24. The molecule has 0 amide bonds. The molecule has 0 saturated carbocycles. The minimum Gasteiger partial charge on any atom is -0.496 e. The smallest absolute Gasteiger partial charge is 0.307 e. The highest BCUT2D eigenvalue weighted by molar-refractivity contribution is 7.80. The summed E-state index contributed by atoms with van der Waals surface area (Å²) in [6.07, 6.45) is 4.21. The lowest BCUT2D eigenvalue weighted by molar-refractivity contribution is -0.385. The number of methoxy groups -OCH3 is 1. The molecule has 10 heteroatoms. The molecule has 0 bridgehead atoms. The Labute approximate surface area is 149 Å². The third-order valence-corrected chi connectivity index (χ3v) is 3.42. The number of rotatable bonds is 7. The molecule has 0 atom stereocenters. The van der Waals surface area contributed by atoms with Crippen LogP contribution in [0.3, 0.4) is 0 Å². The van der Waals surface area contributed by atoms with Crippen molar-refractivity contribution in [3.05, 3.63) is 51.8 Å². The van der Waals surface area contributed by atoms with Crippen LogP contribution in [-0.2, 0) is 6.54 Å². The Morgan fingerprint density at radius 2 is 2.36 bits per heavy atom. The maximum atomic E-state index is 10.8. The maximum absolute atomic E-state index is 10.8. The van der Waals surface area contributed by atoms with Gasteiger partial charge in [0, 0.05) is 12.1 Å². The molecule has 2 N–H and O–H groups in total. The van der Waals surface area contributed by atoms with Crippen molar-refractivity contribution in [2.75, 3.05) is 13.7 Å². The van der Waals surface area contributed by atoms with Gasteiger partial charge in [0.25, 0.3) is 0 Å². The number of nitrogens with one attached hydrogen (secondary N) is 2. The van der Waals surface area contributed by atoms with Gasteiger partial charge in [0.1, 0.15) is 18.1 Å². The van der Waals surface area contributed by atoms with Crippen molar-refractivity contribution in [3.8, 4) is 5.75 Å². The maximum Gasteiger partial charge on any atom is 0.307 e. The Hall–Kier alpha value is -3.01. The van der Waals surface area contributed by atoms with Crippen LogP contribution in [0.1, 0.15) is 18.1 Å². The summed E-state index contributed by atoms with van der Waals surface area (Å²) < 4.78 is 6.82. The second kappa shape index (κ2) is 8.73. The molecule has 0 spiro atoms. The lowest BCUT2D eigenvalue weighted by Gasteiger charge is -2.09. The van der Waals surface area contributed by atoms with Gasteiger partial charge >= 0.3 is 5.69 Å². The van der Waals surface area contributed by atoms with Gasteiger partial charge < -0.3 is 10.1 Å². The molecular formula is C15H18N6O3S. The van der Waals surface area contributed by atoms with Crippen LogP contribution in [0.2, 0.25) is 0 Å². The fourth-order valence-corrected chi connectivity index (χ4v) is 2.27. The van der Waals surface area contributed by atoms with Crippen molar-refractivity contribution in [2.24, 2.45) is 5.10 Å². The van der Waals surface area contributed by atoms with Crippen molar-refractivity contribution in [1.82, 2.24) is 20.5 Å². The zero-order valence-corrected chi connectivity index (χ0v) is 14.6. The molecule has 0 fully saturated rings. The largest absolute Gasteiger partial charge is 0.496 e. The van der Waals surface area contributed by atoms with E-state index in [1.807, 2.05) is 19.1 Å². The first kappa shape index (κ1) is 18.3. The quantitative estimate of drug-likeness (QED) is 0.334. The van der Waals surface area contributed by atoms with E-state index in [1.54, 1.807) is 19.4 Å². The van der Waals surface area contributed by atoms with E-state index >= 15 is 0 Å². The molecule has 2 rings (SSSR count). The summed E-state index contributed by atoms with van der Waals surface area (Å²) in [5, 5.41) is 22.2. The molecule has 0 radical (unpaired) electrons. The summed E-state index contributed by atoms with van der Waals surface area (Å²) >= 11 is 5.02. The summed E-state index contributed by atoms with van der Waals surface area (Å²) in [5.74, 6) is 0.659. The first-order valence-corrected chi connectivity index (χ1v) is 7.85. The Morgan fingerprint density at radius 1 is 1.56 bits per heavy atom. The number of aromatic nitrogens is 2. The van der Waals surface area contributed by atoms with E-state index in [9.17, 15) is 10.1 Å². The summed E-state index contributed by atoms with van der Waals surface area (Å²) in [4.78, 5) is 10.3. The number of nitro groups is 1. The standard InChI is InChI=1S/C15H18N6O3S/c1-3-16-15(25)19-17-7-11-4-5-14(24-2)12(6-11)9-20-10-13(8-18-20)21(22)23/h4-8,10H,3,9H2,1-2H3,(H2,16,19,25)/b17-7+. The first-order valence-electron chi connectivity index (χ1n) is 7.44. The van der Waals surface area contributed by atoms with E-state index < -0.39 is 4.92 Å². The Bertz CT molecular complexity index is 789. The van der Waals surface area contributed by atoms with Crippen LogP contribution in [-0.4, -0.2) is 39.7 Å². The number of hydrazone groups is 1. The molecule has 0 aliphatic heterocycles. The number of hydrogen-bond donors (Lipinski definition) is 2. The van der Waals surface area contributed by atoms with Gasteiger partial charge in [-0.15, -0.1) is 0 Å². The van der Waals surface area contributed by atoms with Crippen LogP contribution in [0.5, 0.6) is 5.75 Å². The lowest BCUT2D eigenvalue weighted by Crippen LogP contribution is -2.31. The van der Waals surface area contributed by atoms with Crippen molar-refractivity contribution < 1.29 is 9.66 Å². The molecule has 0 aliphatic rings. The van der Waals surface area contributed by atoms with Gasteiger partial charge in [-0.05, 0) is 42.9 Å². The van der Waals surface area contributed by atoms with Crippen molar-refractivity contribution in [1.29, 1.82) is 0 Å². The summed E-state index contributed by atoms with van der Waals surface area (Å²) in [5.41, 5.74) is 4.30. The van der Waals surface area contributed by atoms with Crippen molar-refractivity contribution in [3.63, 3.8) is 0 Å². The Balaban J connectivity index is 2.14. The normalized spacial score (nSPS) is 10.6. The first-order chi connectivity index (χ1) is 12.0. The molecule has 25 heavy (non-hydrogen) atoms. The predicted molar refractivity (Wildman–Crippen MR) is 98.0 cm³/mol. The van der Waals surface area contributed by atoms with E-state index in [4.69, 9.17) is 17.0 Å². The van der Waals surface area contributed by atoms with Crippen molar-refractivity contribution >= 4 is 29.2 Å². The van der Waals surface area contributed by atoms with E-state index in [0.717, 1.165) is 11.1 Å². The molecule has 2 aromatic rings. The topological polar surface area (TPSA) is 107 Å². The lowest BCUT2D eigenvalue weighted by atomic mass is 10.1. The highest BCUT2D eigenvalue weighted by atomic mass is 32.1. The van der Waals surface area contributed by atoms with Gasteiger partial charge in [-0.2, -0.15) is 10.2 Å². The second-order valence-electron chi connectivity index (χ2n) is 4.95. The minimum atomic E-state index is -0.483. The highest BCUT2D eigenvalue weighted by Gasteiger charge is 2.11. The molecule has 9 nitrogen and oxygen atoms in total. The SMILES string of the molecule is CCNC(=S)N/N=C/c1ccc(OC)c(Cn2cc([N+](=O)[O-])cn2)c1. The number of hydrogen-bond acceptors (Lipinski definition) is 6. The molecule has 0 saturated heterocycles. The fraction of sp³-hybridized carbons (Fsp3) is 0.267. The summed E-state index contributed by atoms with van der Waals surface area (Å²) in [6, 6.07) is 5.51. The Morgan fingerprint density at radius 3 is 3.00 bits per heavy atom. The van der Waals surface area contributed by atoms with Crippen LogP contribution in [0, 0.1) is 10.1 Å². The van der Waals surface area contributed by atoms with Gasteiger partial charge in [0.2, 0.25) is 0 Å². The van der Waals surface area contributed by atoms with E-state index in [1.165, 1.54) is 17.1 Å². The number of benzene rings is 1. The fourth-order valence-electron chi connectivity index (χ4n) is 2.08. The Kier molecular flexibility index (Phi) is 6.40. The molecule has 1 aromatic carbocycles. The second-order valence-corrected chi connectivity index (χ2v) is 5.36. The van der Waals surface area contributed by atoms with E-state index in [0.29, 0.717) is 24.0 Å². The minimum absolute atomic E-state index is 0.0576. The average Bonchev–Trinajstić information content (AvgIpc) is 3.04. The van der Waals surface area contributed by atoms with Crippen LogP contribution in [0.25, 0.3) is 0 Å². The molecular weight excluding hydrogens is 344 g/mol. The summed E-state index contributed by atoms with van der Waals surface area (Å²) in [6.45, 7) is 2.99. The zero-order valence-electron chi connectivity index (χ0n) is 13.8. The van der Waals surface area contributed by atoms with Gasteiger partial charge in [-0.25, -0.2) is 0 Å². The molecule has 1 heterocycles. The van der Waals surface area contributed by atoms with Gasteiger partial charge in [0.15, 0.2) is 5.11 Å². The summed E-state index contributed by atoms with van der Waals surface area (Å²) in [7, 11) is 1.56. The van der Waals surface area contributed by atoms with Gasteiger partial charge in [0.05, 0.1) is 24.8 Å². The van der Waals surface area contributed by atoms with Crippen molar-refractivity contribution in [2.45, 2.75) is 13.5 Å². The molecule has 0 unspecified atom stereocenters. The molecule has 1 aromatic heterocycles. The molecule has 132 valence electrons. The third-order valence-electron chi connectivity index (χ3n) is 3.18. The van der Waals surface area contributed by atoms with Gasteiger partial charge in [-0.1, -0.05) is 0 Å². The highest BCUT2D eigenvalue weighted by Crippen LogP contribution is 2.21. The monoisotopic (exact) mass is 362 g/mol. The molecule has 0 aliphatic carbocycles. The van der Waals surface area contributed by atoms with E-state index in [2.05, 4.69) is 20.9 Å². The number of thiocarbonyl (C=S) groups is 1. The van der Waals surface area contributed by atoms with Crippen LogP contribution in [0.4, 0.5) is 5.69 Å². The van der Waals surface area contributed by atoms with Crippen LogP contribution >= 0.6 is 12.2 Å². The van der Waals surface area contributed by atoms with Crippen LogP contribution < -0.4 is 15.5 Å². The zero-order chi connectivity index (χ0) is 18.2.